The van der Waals surface area contributed by atoms with Crippen molar-refractivity contribution in [3.8, 4) is 5.75 Å². The van der Waals surface area contributed by atoms with Crippen LogP contribution in [0.15, 0.2) is 106 Å². The van der Waals surface area contributed by atoms with E-state index in [-0.39, 0.29) is 5.70 Å². The summed E-state index contributed by atoms with van der Waals surface area (Å²) >= 11 is 3.41. The molecule has 0 aromatic heterocycles. The predicted molar refractivity (Wildman–Crippen MR) is 134 cm³/mol. The van der Waals surface area contributed by atoms with Crippen molar-refractivity contribution in [3.05, 3.63) is 118 Å². The van der Waals surface area contributed by atoms with Crippen LogP contribution in [0.4, 0.5) is 0 Å². The van der Waals surface area contributed by atoms with E-state index in [0.717, 1.165) is 15.6 Å². The second kappa shape index (κ2) is 12.2. The second-order valence-corrected chi connectivity index (χ2v) is 7.62. The van der Waals surface area contributed by atoms with Gasteiger partial charge in [-0.15, -0.1) is 0 Å². The summed E-state index contributed by atoms with van der Waals surface area (Å²) in [6, 6.07) is 23.7. The van der Waals surface area contributed by atoms with Crippen molar-refractivity contribution in [1.29, 1.82) is 0 Å². The first-order valence-corrected chi connectivity index (χ1v) is 10.8. The maximum atomic E-state index is 12.7. The number of ether oxygens (including phenoxy) is 1. The van der Waals surface area contributed by atoms with Crippen molar-refractivity contribution in [3.63, 3.8) is 0 Å². The minimum atomic E-state index is -0.555. The molecule has 3 aromatic rings. The van der Waals surface area contributed by atoms with Crippen molar-refractivity contribution >= 4 is 40.0 Å². The summed E-state index contributed by atoms with van der Waals surface area (Å²) in [5.41, 5.74) is 4.67. The number of nitrogens with zero attached hydrogens (tertiary/aromatic N) is 1. The number of carbonyl (C=O) groups is 2. The lowest BCUT2D eigenvalue weighted by Gasteiger charge is -2.08. The minimum absolute atomic E-state index is 0.0593. The first-order chi connectivity index (χ1) is 16.1. The molecule has 0 aliphatic rings. The number of carbonyl (C=O) groups excluding carboxylic acids is 2. The number of hydrogen-bond acceptors (Lipinski definition) is 4. The molecule has 33 heavy (non-hydrogen) atoms. The Kier molecular flexibility index (Phi) is 8.73. The standard InChI is InChI=1S/C26H22BrN3O3/c1-33-24-16-15-20(17-22(24)27)18-28-30-26(32)23(14-8-11-19-9-4-2-5-10-19)29-25(31)21-12-6-3-7-13-21/h2-18H,1H3,(H,29,31)(H,30,32)/b11-8+,23-14-,28-18+. The number of nitrogens with one attached hydrogen (secondary N) is 2. The quantitative estimate of drug-likeness (QED) is 0.198. The van der Waals surface area contributed by atoms with Crippen molar-refractivity contribution in [2.24, 2.45) is 5.10 Å². The summed E-state index contributed by atoms with van der Waals surface area (Å²) in [6.07, 6.45) is 6.56. The zero-order valence-corrected chi connectivity index (χ0v) is 19.5. The van der Waals surface area contributed by atoms with Gasteiger partial charge in [-0.3, -0.25) is 9.59 Å². The summed E-state index contributed by atoms with van der Waals surface area (Å²) < 4.78 is 5.97. The number of rotatable bonds is 8. The largest absolute Gasteiger partial charge is 0.496 e. The first kappa shape index (κ1) is 23.7. The van der Waals surface area contributed by atoms with Crippen LogP contribution in [0.3, 0.4) is 0 Å². The van der Waals surface area contributed by atoms with E-state index in [0.29, 0.717) is 11.3 Å². The maximum absolute atomic E-state index is 12.7. The van der Waals surface area contributed by atoms with Crippen LogP contribution in [0.2, 0.25) is 0 Å². The Morgan fingerprint density at radius 2 is 1.64 bits per heavy atom. The molecule has 0 heterocycles. The van der Waals surface area contributed by atoms with Gasteiger partial charge in [-0.2, -0.15) is 5.10 Å². The Morgan fingerprint density at radius 1 is 0.939 bits per heavy atom. The van der Waals surface area contributed by atoms with Crippen LogP contribution in [0.5, 0.6) is 5.75 Å². The highest BCUT2D eigenvalue weighted by Gasteiger charge is 2.13. The van der Waals surface area contributed by atoms with Gasteiger partial charge in [0.1, 0.15) is 11.4 Å². The lowest BCUT2D eigenvalue weighted by atomic mass is 10.2. The highest BCUT2D eigenvalue weighted by atomic mass is 79.9. The smallest absolute Gasteiger partial charge is 0.287 e. The van der Waals surface area contributed by atoms with Gasteiger partial charge in [0, 0.05) is 5.56 Å². The Hall–Kier alpha value is -3.97. The zero-order chi connectivity index (χ0) is 23.5. The molecule has 2 N–H and O–H groups in total. The van der Waals surface area contributed by atoms with Gasteiger partial charge in [0.05, 0.1) is 17.8 Å². The van der Waals surface area contributed by atoms with Crippen LogP contribution in [0, 0.1) is 0 Å². The number of methoxy groups -OCH3 is 1. The van der Waals surface area contributed by atoms with Crippen LogP contribution in [0.25, 0.3) is 6.08 Å². The fraction of sp³-hybridized carbons (Fsp3) is 0.0385. The number of hydrazone groups is 1. The molecule has 2 amide bonds. The lowest BCUT2D eigenvalue weighted by Crippen LogP contribution is -2.32. The van der Waals surface area contributed by atoms with E-state index in [1.807, 2.05) is 48.5 Å². The fourth-order valence-corrected chi connectivity index (χ4v) is 3.32. The van der Waals surface area contributed by atoms with Crippen LogP contribution in [-0.4, -0.2) is 25.1 Å². The van der Waals surface area contributed by atoms with E-state index in [1.165, 1.54) is 12.3 Å². The van der Waals surface area contributed by atoms with Crippen molar-refractivity contribution in [2.75, 3.05) is 7.11 Å². The van der Waals surface area contributed by atoms with E-state index in [9.17, 15) is 9.59 Å². The van der Waals surface area contributed by atoms with Gasteiger partial charge in [-0.25, -0.2) is 5.43 Å². The summed E-state index contributed by atoms with van der Waals surface area (Å²) in [6.45, 7) is 0. The molecule has 0 bridgehead atoms. The van der Waals surface area contributed by atoms with Gasteiger partial charge in [0.25, 0.3) is 11.8 Å². The molecule has 0 atom stereocenters. The fourth-order valence-electron chi connectivity index (χ4n) is 2.77. The van der Waals surface area contributed by atoms with E-state index in [2.05, 4.69) is 31.8 Å². The van der Waals surface area contributed by atoms with Gasteiger partial charge in [-0.1, -0.05) is 60.7 Å². The zero-order valence-electron chi connectivity index (χ0n) is 17.9. The van der Waals surface area contributed by atoms with E-state index in [1.54, 1.807) is 49.6 Å². The van der Waals surface area contributed by atoms with Crippen LogP contribution in [-0.2, 0) is 4.79 Å². The van der Waals surface area contributed by atoms with E-state index < -0.39 is 11.8 Å². The number of halogens is 1. The topological polar surface area (TPSA) is 79.8 Å². The van der Waals surface area contributed by atoms with E-state index in [4.69, 9.17) is 4.74 Å². The second-order valence-electron chi connectivity index (χ2n) is 6.76. The van der Waals surface area contributed by atoms with Crippen LogP contribution in [0.1, 0.15) is 21.5 Å². The normalized spacial score (nSPS) is 11.5. The molecule has 166 valence electrons. The Morgan fingerprint density at radius 3 is 2.30 bits per heavy atom. The average molecular weight is 504 g/mol. The Labute approximate surface area is 200 Å². The first-order valence-electron chi connectivity index (χ1n) is 10.0. The number of amides is 2. The van der Waals surface area contributed by atoms with Crippen LogP contribution < -0.4 is 15.5 Å². The Balaban J connectivity index is 1.74. The lowest BCUT2D eigenvalue weighted by molar-refractivity contribution is -0.117. The monoisotopic (exact) mass is 503 g/mol. The van der Waals surface area contributed by atoms with Gasteiger partial charge in [0.15, 0.2) is 0 Å². The SMILES string of the molecule is COc1ccc(/C=N/NC(=O)/C(=C/C=C/c2ccccc2)NC(=O)c2ccccc2)cc1Br. The molecule has 0 radical (unpaired) electrons. The average Bonchev–Trinajstić information content (AvgIpc) is 2.84. The summed E-state index contributed by atoms with van der Waals surface area (Å²) in [4.78, 5) is 25.3. The van der Waals surface area contributed by atoms with Gasteiger partial charge in [-0.05, 0) is 63.5 Å². The molecule has 0 saturated carbocycles. The molecular formula is C26H22BrN3O3. The molecule has 6 nitrogen and oxygen atoms in total. The highest BCUT2D eigenvalue weighted by Crippen LogP contribution is 2.24. The third kappa shape index (κ3) is 7.29. The molecule has 0 aliphatic heterocycles. The molecule has 0 saturated heterocycles. The molecule has 0 fully saturated rings. The van der Waals surface area contributed by atoms with Gasteiger partial charge >= 0.3 is 0 Å². The summed E-state index contributed by atoms with van der Waals surface area (Å²) in [7, 11) is 1.58. The number of hydrogen-bond donors (Lipinski definition) is 2. The molecular weight excluding hydrogens is 482 g/mol. The van der Waals surface area contributed by atoms with Crippen molar-refractivity contribution in [1.82, 2.24) is 10.7 Å². The molecule has 3 rings (SSSR count). The van der Waals surface area contributed by atoms with E-state index >= 15 is 0 Å². The number of benzene rings is 3. The molecule has 0 unspecified atom stereocenters. The van der Waals surface area contributed by atoms with Crippen LogP contribution >= 0.6 is 15.9 Å². The molecule has 3 aromatic carbocycles. The van der Waals surface area contributed by atoms with Gasteiger partial charge in [0.2, 0.25) is 0 Å². The van der Waals surface area contributed by atoms with Crippen molar-refractivity contribution in [2.45, 2.75) is 0 Å². The number of allylic oxidation sites excluding steroid dienone is 2. The minimum Gasteiger partial charge on any atom is -0.496 e. The highest BCUT2D eigenvalue weighted by molar-refractivity contribution is 9.10. The molecule has 0 spiro atoms. The third-order valence-corrected chi connectivity index (χ3v) is 5.06. The predicted octanol–water partition coefficient (Wildman–Crippen LogP) is 4.94. The summed E-state index contributed by atoms with van der Waals surface area (Å²) in [5, 5.41) is 6.66. The Bertz CT molecular complexity index is 1190. The molecule has 0 aliphatic carbocycles. The third-order valence-electron chi connectivity index (χ3n) is 4.44. The molecule has 7 heteroatoms. The maximum Gasteiger partial charge on any atom is 0.287 e. The van der Waals surface area contributed by atoms with Crippen molar-refractivity contribution < 1.29 is 14.3 Å². The van der Waals surface area contributed by atoms with Gasteiger partial charge < -0.3 is 10.1 Å². The summed E-state index contributed by atoms with van der Waals surface area (Å²) in [5.74, 6) is -0.260.